The summed E-state index contributed by atoms with van der Waals surface area (Å²) in [4.78, 5) is 67.0. The molecule has 42 heavy (non-hydrogen) atoms. The van der Waals surface area contributed by atoms with Crippen molar-refractivity contribution in [2.24, 2.45) is 5.92 Å². The zero-order chi connectivity index (χ0) is 31.0. The summed E-state index contributed by atoms with van der Waals surface area (Å²) in [6, 6.07) is 6.38. The molecule has 1 aliphatic heterocycles. The highest BCUT2D eigenvalue weighted by molar-refractivity contribution is 5.94. The van der Waals surface area contributed by atoms with Gasteiger partial charge in [0, 0.05) is 18.9 Å². The third-order valence-electron chi connectivity index (χ3n) is 6.84. The molecule has 12 nitrogen and oxygen atoms in total. The molecule has 1 aliphatic rings. The molecule has 3 rings (SSSR count). The summed E-state index contributed by atoms with van der Waals surface area (Å²) in [5.41, 5.74) is 5.18. The van der Waals surface area contributed by atoms with E-state index in [0.29, 0.717) is 18.5 Å². The molecular weight excluding hydrogens is 542 g/mol. The van der Waals surface area contributed by atoms with E-state index in [-0.39, 0.29) is 12.5 Å². The number of hydrazine groups is 1. The van der Waals surface area contributed by atoms with Crippen molar-refractivity contribution in [3.63, 3.8) is 0 Å². The van der Waals surface area contributed by atoms with Crippen molar-refractivity contribution in [2.45, 2.75) is 78.1 Å². The van der Waals surface area contributed by atoms with Crippen LogP contribution in [0.15, 0.2) is 36.4 Å². The number of esters is 1. The largest absolute Gasteiger partial charge is 0.481 e. The quantitative estimate of drug-likeness (QED) is 0.292. The van der Waals surface area contributed by atoms with Gasteiger partial charge in [-0.25, -0.2) is 10.4 Å². The van der Waals surface area contributed by atoms with Crippen molar-refractivity contribution in [1.29, 1.82) is 0 Å². The summed E-state index contributed by atoms with van der Waals surface area (Å²) in [7, 11) is 0. The second-order valence-corrected chi connectivity index (χ2v) is 10.7. The number of nitrogens with zero attached hydrogens (tertiary/aromatic N) is 2. The molecule has 1 fully saturated rings. The van der Waals surface area contributed by atoms with Crippen LogP contribution in [0.4, 0.5) is 0 Å². The fraction of sp³-hybridized carbons (Fsp3) is 0.467. The van der Waals surface area contributed by atoms with E-state index in [1.165, 1.54) is 6.92 Å². The van der Waals surface area contributed by atoms with E-state index in [9.17, 15) is 29.1 Å². The Morgan fingerprint density at radius 3 is 2.50 bits per heavy atom. The van der Waals surface area contributed by atoms with E-state index in [2.05, 4.69) is 21.0 Å². The number of hydrogen-bond donors (Lipinski definition) is 4. The number of hydrogen-bond acceptors (Lipinski definition) is 8. The van der Waals surface area contributed by atoms with Crippen LogP contribution >= 0.6 is 0 Å². The molecule has 1 aromatic carbocycles. The van der Waals surface area contributed by atoms with Gasteiger partial charge in [-0.15, -0.1) is 0 Å². The third kappa shape index (κ3) is 8.59. The number of rotatable bonds is 11. The molecule has 12 heteroatoms. The summed E-state index contributed by atoms with van der Waals surface area (Å²) in [5.74, 6) is -4.02. The van der Waals surface area contributed by atoms with E-state index in [0.717, 1.165) is 21.5 Å². The Morgan fingerprint density at radius 2 is 1.86 bits per heavy atom. The van der Waals surface area contributed by atoms with E-state index in [1.54, 1.807) is 26.8 Å². The van der Waals surface area contributed by atoms with Crippen molar-refractivity contribution in [3.8, 4) is 0 Å². The standard InChI is InChI=1S/C30H39N5O7/c1-6-8-20-10-11-21-12-13-22(32-24(21)15-20)18(4)42-30(41)23-9-7-14-35(34-23)29(40)25(16-26(37)38)33-28(39)27(17(2)3)31-19(5)36/h6,8,10-13,15,17-18,23,25,27,34H,7,9,14,16H2,1-5H3,(H,31,36)(H,33,39)(H,37,38)/b8-6+/t18-,23+,25+,27+/m1/s1. The van der Waals surface area contributed by atoms with Crippen LogP contribution in [0.25, 0.3) is 17.0 Å². The number of aromatic nitrogens is 1. The van der Waals surface area contributed by atoms with E-state index >= 15 is 0 Å². The fourth-order valence-electron chi connectivity index (χ4n) is 4.68. The molecule has 1 saturated heterocycles. The normalized spacial score (nSPS) is 17.5. The monoisotopic (exact) mass is 581 g/mol. The number of ether oxygens (including phenoxy) is 1. The predicted molar refractivity (Wildman–Crippen MR) is 155 cm³/mol. The molecule has 0 radical (unpaired) electrons. The average Bonchev–Trinajstić information content (AvgIpc) is 2.94. The van der Waals surface area contributed by atoms with Crippen LogP contribution in [-0.2, 0) is 28.7 Å². The van der Waals surface area contributed by atoms with Gasteiger partial charge in [0.25, 0.3) is 5.91 Å². The van der Waals surface area contributed by atoms with Crippen LogP contribution in [0.3, 0.4) is 0 Å². The van der Waals surface area contributed by atoms with Gasteiger partial charge in [-0.1, -0.05) is 44.2 Å². The van der Waals surface area contributed by atoms with Crippen LogP contribution in [0, 0.1) is 5.92 Å². The molecule has 4 atom stereocenters. The highest BCUT2D eigenvalue weighted by Crippen LogP contribution is 2.22. The summed E-state index contributed by atoms with van der Waals surface area (Å²) in [5, 5.41) is 16.5. The first kappa shape index (κ1) is 32.2. The van der Waals surface area contributed by atoms with Crippen molar-refractivity contribution in [2.75, 3.05) is 6.54 Å². The van der Waals surface area contributed by atoms with Gasteiger partial charge >= 0.3 is 11.9 Å². The minimum absolute atomic E-state index is 0.199. The number of allylic oxidation sites excluding steroid dienone is 1. The molecule has 0 saturated carbocycles. The van der Waals surface area contributed by atoms with E-state index in [1.807, 2.05) is 43.3 Å². The lowest BCUT2D eigenvalue weighted by Gasteiger charge is -2.35. The molecule has 2 heterocycles. The number of fused-ring (bicyclic) bond motifs is 1. The topological polar surface area (TPSA) is 167 Å². The number of carboxylic acids is 1. The number of nitrogens with one attached hydrogen (secondary N) is 3. The Labute approximate surface area is 244 Å². The zero-order valence-corrected chi connectivity index (χ0v) is 24.5. The second kappa shape index (κ2) is 14.5. The lowest BCUT2D eigenvalue weighted by atomic mass is 10.0. The number of carbonyl (C=O) groups is 5. The predicted octanol–water partition coefficient (Wildman–Crippen LogP) is 2.49. The number of pyridine rings is 1. The summed E-state index contributed by atoms with van der Waals surface area (Å²) in [6.07, 6.45) is 3.40. The Kier molecular flexibility index (Phi) is 11.1. The van der Waals surface area contributed by atoms with Gasteiger partial charge < -0.3 is 20.5 Å². The third-order valence-corrected chi connectivity index (χ3v) is 6.84. The Hall–Kier alpha value is -4.32. The average molecular weight is 582 g/mol. The SMILES string of the molecule is C/C=C/c1ccc2ccc([C@@H](C)OC(=O)[C@@H]3CCCN(C(=O)[C@H](CC(=O)O)NC(=O)[C@@H](NC(C)=O)C(C)C)N3)nc2c1. The number of aliphatic carboxylic acids is 1. The molecule has 4 N–H and O–H groups in total. The van der Waals surface area contributed by atoms with Crippen LogP contribution < -0.4 is 16.1 Å². The van der Waals surface area contributed by atoms with Gasteiger partial charge in [0.15, 0.2) is 0 Å². The minimum atomic E-state index is -1.42. The molecule has 226 valence electrons. The van der Waals surface area contributed by atoms with Crippen LogP contribution in [0.1, 0.15) is 71.2 Å². The Balaban J connectivity index is 1.68. The molecular formula is C30H39N5O7. The summed E-state index contributed by atoms with van der Waals surface area (Å²) in [6.45, 7) is 8.54. The molecule has 2 aromatic rings. The van der Waals surface area contributed by atoms with Gasteiger partial charge in [-0.05, 0) is 50.3 Å². The number of carboxylic acid groups (broad SMARTS) is 1. The molecule has 0 spiro atoms. The molecule has 1 aromatic heterocycles. The van der Waals surface area contributed by atoms with Gasteiger partial charge in [0.2, 0.25) is 11.8 Å². The van der Waals surface area contributed by atoms with E-state index < -0.39 is 60.3 Å². The molecule has 0 bridgehead atoms. The van der Waals surface area contributed by atoms with Crippen LogP contribution in [0.2, 0.25) is 0 Å². The van der Waals surface area contributed by atoms with Crippen molar-refractivity contribution in [3.05, 3.63) is 47.7 Å². The maximum absolute atomic E-state index is 13.3. The Morgan fingerprint density at radius 1 is 1.14 bits per heavy atom. The highest BCUT2D eigenvalue weighted by Gasteiger charge is 2.36. The maximum Gasteiger partial charge on any atom is 0.325 e. The Bertz CT molecular complexity index is 1360. The lowest BCUT2D eigenvalue weighted by molar-refractivity contribution is -0.158. The van der Waals surface area contributed by atoms with Gasteiger partial charge in [-0.3, -0.25) is 29.0 Å². The van der Waals surface area contributed by atoms with Gasteiger partial charge in [0.1, 0.15) is 24.2 Å². The first-order valence-corrected chi connectivity index (χ1v) is 14.0. The minimum Gasteiger partial charge on any atom is -0.481 e. The van der Waals surface area contributed by atoms with Crippen molar-refractivity contribution >= 4 is 46.6 Å². The number of amides is 3. The van der Waals surface area contributed by atoms with Crippen LogP contribution in [-0.4, -0.2) is 69.4 Å². The highest BCUT2D eigenvalue weighted by atomic mass is 16.5. The van der Waals surface area contributed by atoms with Gasteiger partial charge in [0.05, 0.1) is 17.6 Å². The molecule has 0 aliphatic carbocycles. The lowest BCUT2D eigenvalue weighted by Crippen LogP contribution is -2.61. The molecule has 3 amide bonds. The van der Waals surface area contributed by atoms with Crippen molar-refractivity contribution in [1.82, 2.24) is 26.1 Å². The first-order valence-electron chi connectivity index (χ1n) is 14.0. The summed E-state index contributed by atoms with van der Waals surface area (Å²) >= 11 is 0. The van der Waals surface area contributed by atoms with Crippen LogP contribution in [0.5, 0.6) is 0 Å². The summed E-state index contributed by atoms with van der Waals surface area (Å²) < 4.78 is 5.70. The van der Waals surface area contributed by atoms with Gasteiger partial charge in [-0.2, -0.15) is 0 Å². The molecule has 0 unspecified atom stereocenters. The number of carbonyl (C=O) groups excluding carboxylic acids is 4. The smallest absolute Gasteiger partial charge is 0.325 e. The fourth-order valence-corrected chi connectivity index (χ4v) is 4.68. The maximum atomic E-state index is 13.3. The number of benzene rings is 1. The van der Waals surface area contributed by atoms with E-state index in [4.69, 9.17) is 4.74 Å². The zero-order valence-electron chi connectivity index (χ0n) is 24.5. The second-order valence-electron chi connectivity index (χ2n) is 10.7. The first-order chi connectivity index (χ1) is 19.9. The van der Waals surface area contributed by atoms with Crippen molar-refractivity contribution < 1.29 is 33.8 Å².